The molecular formula is C21H27NO7. The van der Waals surface area contributed by atoms with Gasteiger partial charge in [0.1, 0.15) is 11.3 Å². The third-order valence-corrected chi connectivity index (χ3v) is 5.28. The minimum atomic E-state index is -1.05. The van der Waals surface area contributed by atoms with Crippen LogP contribution in [0.25, 0.3) is 5.57 Å². The fourth-order valence-corrected chi connectivity index (χ4v) is 3.95. The first-order valence-electron chi connectivity index (χ1n) is 9.62. The number of hydrogen-bond acceptors (Lipinski definition) is 8. The van der Waals surface area contributed by atoms with E-state index in [-0.39, 0.29) is 17.9 Å². The van der Waals surface area contributed by atoms with Gasteiger partial charge in [-0.1, -0.05) is 6.07 Å². The molecule has 0 radical (unpaired) electrons. The maximum absolute atomic E-state index is 13.0. The van der Waals surface area contributed by atoms with Gasteiger partial charge in [0.05, 0.1) is 20.8 Å². The van der Waals surface area contributed by atoms with Gasteiger partial charge in [-0.3, -0.25) is 0 Å². The smallest absolute Gasteiger partial charge is 0.496 e. The summed E-state index contributed by atoms with van der Waals surface area (Å²) in [7, 11) is 3.13. The minimum Gasteiger partial charge on any atom is -0.496 e. The molecule has 158 valence electrons. The number of ether oxygens (including phenoxy) is 4. The summed E-state index contributed by atoms with van der Waals surface area (Å²) in [6.07, 6.45) is -0.00798. The largest absolute Gasteiger partial charge is 0.513 e. The van der Waals surface area contributed by atoms with Gasteiger partial charge < -0.3 is 23.8 Å². The first-order valence-corrected chi connectivity index (χ1v) is 9.62. The van der Waals surface area contributed by atoms with E-state index in [4.69, 9.17) is 23.8 Å². The number of methoxy groups -OCH3 is 1. The van der Waals surface area contributed by atoms with Crippen molar-refractivity contribution in [1.82, 2.24) is 5.06 Å². The Labute approximate surface area is 170 Å². The van der Waals surface area contributed by atoms with E-state index in [0.29, 0.717) is 37.2 Å². The van der Waals surface area contributed by atoms with E-state index in [1.54, 1.807) is 19.1 Å². The predicted molar refractivity (Wildman–Crippen MR) is 104 cm³/mol. The second kappa shape index (κ2) is 8.42. The summed E-state index contributed by atoms with van der Waals surface area (Å²) in [6.45, 7) is 6.72. The Morgan fingerprint density at radius 2 is 1.90 bits per heavy atom. The average Bonchev–Trinajstić information content (AvgIpc) is 2.93. The number of esters is 1. The lowest BCUT2D eigenvalue weighted by atomic mass is 9.87. The van der Waals surface area contributed by atoms with Gasteiger partial charge in [-0.25, -0.2) is 9.59 Å². The van der Waals surface area contributed by atoms with Crippen LogP contribution < -0.4 is 4.74 Å². The number of carbonyl (C=O) groups excluding carboxylic acids is 2. The molecule has 0 saturated carbocycles. The predicted octanol–water partition coefficient (Wildman–Crippen LogP) is 3.15. The van der Waals surface area contributed by atoms with Crippen LogP contribution in [0.15, 0.2) is 17.9 Å². The normalized spacial score (nSPS) is 18.7. The molecule has 1 aromatic carbocycles. The molecule has 0 aromatic heterocycles. The first-order chi connectivity index (χ1) is 13.8. The van der Waals surface area contributed by atoms with Crippen LogP contribution in [-0.4, -0.2) is 56.7 Å². The van der Waals surface area contributed by atoms with Crippen LogP contribution in [0, 0.1) is 13.8 Å². The van der Waals surface area contributed by atoms with Gasteiger partial charge in [0.2, 0.25) is 0 Å². The zero-order valence-electron chi connectivity index (χ0n) is 17.5. The van der Waals surface area contributed by atoms with E-state index >= 15 is 0 Å². The number of rotatable bonds is 5. The highest BCUT2D eigenvalue weighted by atomic mass is 16.7. The fraction of sp³-hybridized carbons (Fsp3) is 0.524. The zero-order chi connectivity index (χ0) is 21.2. The zero-order valence-corrected chi connectivity index (χ0v) is 17.5. The van der Waals surface area contributed by atoms with Gasteiger partial charge >= 0.3 is 12.1 Å². The lowest BCUT2D eigenvalue weighted by molar-refractivity contribution is -0.183. The molecule has 8 heteroatoms. The average molecular weight is 405 g/mol. The van der Waals surface area contributed by atoms with E-state index in [9.17, 15) is 9.59 Å². The third kappa shape index (κ3) is 3.95. The number of aryl methyl sites for hydroxylation is 2. The van der Waals surface area contributed by atoms with Crippen molar-refractivity contribution in [2.24, 2.45) is 0 Å². The van der Waals surface area contributed by atoms with Crippen LogP contribution in [0.3, 0.4) is 0 Å². The molecule has 29 heavy (non-hydrogen) atoms. The number of piperidine rings is 1. The number of benzene rings is 1. The van der Waals surface area contributed by atoms with Crippen LogP contribution in [0.5, 0.6) is 5.75 Å². The van der Waals surface area contributed by atoms with Crippen molar-refractivity contribution < 1.29 is 33.4 Å². The Morgan fingerprint density at radius 3 is 2.48 bits per heavy atom. The summed E-state index contributed by atoms with van der Waals surface area (Å²) in [5, 5.41) is 1.77. The van der Waals surface area contributed by atoms with E-state index in [2.05, 4.69) is 0 Å². The molecular weight excluding hydrogens is 378 g/mol. The molecule has 1 aromatic rings. The Balaban J connectivity index is 2.15. The maximum Gasteiger partial charge on any atom is 0.513 e. The number of nitrogens with zero attached hydrogens (tertiary/aromatic N) is 1. The van der Waals surface area contributed by atoms with Crippen molar-refractivity contribution in [3.8, 4) is 5.75 Å². The second-order valence-electron chi connectivity index (χ2n) is 7.14. The third-order valence-electron chi connectivity index (χ3n) is 5.28. The Morgan fingerprint density at radius 1 is 1.21 bits per heavy atom. The van der Waals surface area contributed by atoms with Gasteiger partial charge in [-0.05, 0) is 38.0 Å². The molecule has 0 bridgehead atoms. The lowest BCUT2D eigenvalue weighted by Gasteiger charge is -2.37. The van der Waals surface area contributed by atoms with Gasteiger partial charge in [0.25, 0.3) is 0 Å². The quantitative estimate of drug-likeness (QED) is 0.691. The van der Waals surface area contributed by atoms with E-state index in [1.807, 2.05) is 26.0 Å². The molecule has 0 N–H and O–H groups in total. The highest BCUT2D eigenvalue weighted by molar-refractivity contribution is 6.21. The van der Waals surface area contributed by atoms with Crippen molar-refractivity contribution in [2.75, 3.05) is 33.9 Å². The van der Waals surface area contributed by atoms with Crippen LogP contribution in [-0.2, 0) is 23.8 Å². The van der Waals surface area contributed by atoms with E-state index in [1.165, 1.54) is 7.11 Å². The first kappa shape index (κ1) is 21.1. The summed E-state index contributed by atoms with van der Waals surface area (Å²) in [6, 6.07) is 3.78. The number of hydrogen-bond donors (Lipinski definition) is 0. The summed E-state index contributed by atoms with van der Waals surface area (Å²) < 4.78 is 22.0. The van der Waals surface area contributed by atoms with Gasteiger partial charge in [0.15, 0.2) is 11.4 Å². The lowest BCUT2D eigenvalue weighted by Crippen LogP contribution is -2.46. The number of hydroxylamine groups is 2. The topological polar surface area (TPSA) is 83.5 Å². The van der Waals surface area contributed by atoms with Gasteiger partial charge in [-0.15, -0.1) is 0 Å². The van der Waals surface area contributed by atoms with Crippen LogP contribution in [0.1, 0.15) is 36.5 Å². The molecule has 1 spiro atoms. The Hall–Kier alpha value is -2.58. The molecule has 1 fully saturated rings. The van der Waals surface area contributed by atoms with Crippen molar-refractivity contribution in [3.63, 3.8) is 0 Å². The SMILES string of the molecule is CCOC(=O)OC1=C(c2c(C)cc(C)cc2OC)C(=O)OC12CCN(OC)CC2. The molecule has 2 aliphatic rings. The summed E-state index contributed by atoms with van der Waals surface area (Å²) in [4.78, 5) is 30.5. The molecule has 0 aliphatic carbocycles. The van der Waals surface area contributed by atoms with Gasteiger partial charge in [0, 0.05) is 31.5 Å². The standard InChI is InChI=1S/C21H27NO7/c1-6-27-20(24)28-18-17(16-14(3)11-13(2)12-15(16)25-4)19(23)29-21(18)7-9-22(26-5)10-8-21/h11-12H,6-10H2,1-5H3. The van der Waals surface area contributed by atoms with Crippen LogP contribution >= 0.6 is 0 Å². The van der Waals surface area contributed by atoms with Crippen molar-refractivity contribution in [3.05, 3.63) is 34.6 Å². The van der Waals surface area contributed by atoms with Crippen molar-refractivity contribution in [1.29, 1.82) is 0 Å². The van der Waals surface area contributed by atoms with E-state index in [0.717, 1.165) is 11.1 Å². The molecule has 0 amide bonds. The maximum atomic E-state index is 13.0. The minimum absolute atomic E-state index is 0.160. The fourth-order valence-electron chi connectivity index (χ4n) is 3.95. The summed E-state index contributed by atoms with van der Waals surface area (Å²) in [5.41, 5.74) is 1.54. The number of carbonyl (C=O) groups is 2. The van der Waals surface area contributed by atoms with Crippen LogP contribution in [0.2, 0.25) is 0 Å². The molecule has 0 atom stereocenters. The van der Waals surface area contributed by atoms with Gasteiger partial charge in [-0.2, -0.15) is 5.06 Å². The second-order valence-corrected chi connectivity index (χ2v) is 7.14. The highest BCUT2D eigenvalue weighted by Crippen LogP contribution is 2.47. The Kier molecular flexibility index (Phi) is 6.14. The molecule has 3 rings (SSSR count). The molecule has 2 aliphatic heterocycles. The molecule has 1 saturated heterocycles. The highest BCUT2D eigenvalue weighted by Gasteiger charge is 2.53. The van der Waals surface area contributed by atoms with E-state index < -0.39 is 17.7 Å². The van der Waals surface area contributed by atoms with Crippen molar-refractivity contribution >= 4 is 17.7 Å². The van der Waals surface area contributed by atoms with Crippen LogP contribution in [0.4, 0.5) is 4.79 Å². The summed E-state index contributed by atoms with van der Waals surface area (Å²) >= 11 is 0. The molecule has 8 nitrogen and oxygen atoms in total. The molecule has 0 unspecified atom stereocenters. The summed E-state index contributed by atoms with van der Waals surface area (Å²) in [5.74, 6) is 0.160. The monoisotopic (exact) mass is 405 g/mol. The van der Waals surface area contributed by atoms with Crippen molar-refractivity contribution in [2.45, 2.75) is 39.2 Å². The Bertz CT molecular complexity index is 838. The molecule has 2 heterocycles.